The van der Waals surface area contributed by atoms with E-state index in [-0.39, 0.29) is 24.3 Å². The molecule has 0 heterocycles. The molecule has 0 fully saturated rings. The van der Waals surface area contributed by atoms with Crippen molar-refractivity contribution in [1.29, 1.82) is 0 Å². The van der Waals surface area contributed by atoms with Crippen molar-refractivity contribution in [2.75, 3.05) is 26.3 Å². The third kappa shape index (κ3) is 7.14. The largest absolute Gasteiger partial charge is 0.478 e. The number of carboxylic acid groups (broad SMARTS) is 2. The van der Waals surface area contributed by atoms with Crippen LogP contribution in [0, 0.1) is 0 Å². The molecular formula is C12H17NO6. The van der Waals surface area contributed by atoms with Crippen LogP contribution in [0.2, 0.25) is 0 Å². The van der Waals surface area contributed by atoms with Gasteiger partial charge in [-0.1, -0.05) is 12.1 Å². The Labute approximate surface area is 110 Å². The van der Waals surface area contributed by atoms with E-state index in [9.17, 15) is 9.59 Å². The van der Waals surface area contributed by atoms with Gasteiger partial charge in [0, 0.05) is 13.1 Å². The maximum atomic E-state index is 10.5. The highest BCUT2D eigenvalue weighted by Crippen LogP contribution is 2.07. The predicted octanol–water partition coefficient (Wildman–Crippen LogP) is -0.356. The normalized spacial score (nSPS) is 9.37. The Bertz CT molecular complexity index is 370. The highest BCUT2D eigenvalue weighted by Gasteiger charge is 2.13. The van der Waals surface area contributed by atoms with Crippen molar-refractivity contribution in [1.82, 2.24) is 5.32 Å². The Hall–Kier alpha value is -1.96. The van der Waals surface area contributed by atoms with Crippen molar-refractivity contribution in [3.63, 3.8) is 0 Å². The quantitative estimate of drug-likeness (QED) is 0.447. The van der Waals surface area contributed by atoms with E-state index in [0.717, 1.165) is 0 Å². The van der Waals surface area contributed by atoms with Gasteiger partial charge in [0.15, 0.2) is 0 Å². The monoisotopic (exact) mass is 271 g/mol. The summed E-state index contributed by atoms with van der Waals surface area (Å²) in [6.07, 6.45) is 0. The molecule has 1 rings (SSSR count). The third-order valence-corrected chi connectivity index (χ3v) is 1.97. The van der Waals surface area contributed by atoms with Crippen molar-refractivity contribution >= 4 is 11.9 Å². The summed E-state index contributed by atoms with van der Waals surface area (Å²) in [4.78, 5) is 20.9. The van der Waals surface area contributed by atoms with E-state index in [2.05, 4.69) is 5.32 Å². The van der Waals surface area contributed by atoms with Crippen molar-refractivity contribution in [3.05, 3.63) is 35.4 Å². The van der Waals surface area contributed by atoms with Crippen LogP contribution in [0.4, 0.5) is 0 Å². The van der Waals surface area contributed by atoms with E-state index in [4.69, 9.17) is 20.4 Å². The van der Waals surface area contributed by atoms with Gasteiger partial charge in [-0.05, 0) is 12.1 Å². The van der Waals surface area contributed by atoms with Gasteiger partial charge in [0.05, 0.1) is 24.3 Å². The Morgan fingerprint density at radius 3 is 1.53 bits per heavy atom. The fourth-order valence-electron chi connectivity index (χ4n) is 1.14. The van der Waals surface area contributed by atoms with Crippen LogP contribution in [0.25, 0.3) is 0 Å². The molecule has 19 heavy (non-hydrogen) atoms. The zero-order chi connectivity index (χ0) is 14.7. The van der Waals surface area contributed by atoms with Gasteiger partial charge in [-0.3, -0.25) is 0 Å². The van der Waals surface area contributed by atoms with Crippen LogP contribution in [0.5, 0.6) is 0 Å². The van der Waals surface area contributed by atoms with Crippen molar-refractivity contribution in [2.24, 2.45) is 0 Å². The van der Waals surface area contributed by atoms with Crippen LogP contribution >= 0.6 is 0 Å². The van der Waals surface area contributed by atoms with Gasteiger partial charge in [-0.15, -0.1) is 0 Å². The van der Waals surface area contributed by atoms with E-state index in [1.807, 2.05) is 0 Å². The number of aromatic carboxylic acids is 2. The van der Waals surface area contributed by atoms with Crippen molar-refractivity contribution in [2.45, 2.75) is 0 Å². The maximum Gasteiger partial charge on any atom is 0.336 e. The summed E-state index contributed by atoms with van der Waals surface area (Å²) in [7, 11) is 0. The second kappa shape index (κ2) is 10.0. The number of carboxylic acids is 2. The summed E-state index contributed by atoms with van der Waals surface area (Å²) in [5.74, 6) is -2.46. The molecule has 7 heteroatoms. The smallest absolute Gasteiger partial charge is 0.336 e. The summed E-state index contributed by atoms with van der Waals surface area (Å²) in [5.41, 5.74) is -0.380. The van der Waals surface area contributed by atoms with E-state index < -0.39 is 11.9 Å². The molecule has 0 unspecified atom stereocenters. The lowest BCUT2D eigenvalue weighted by Gasteiger charge is -1.98. The number of hydrogen-bond acceptors (Lipinski definition) is 5. The molecule has 1 aromatic rings. The average Bonchev–Trinajstić information content (AvgIpc) is 2.40. The first kappa shape index (κ1) is 17.0. The minimum atomic E-state index is -1.23. The SMILES string of the molecule is O=C(O)c1ccccc1C(=O)O.OCCNCCO. The van der Waals surface area contributed by atoms with Gasteiger partial charge in [-0.2, -0.15) is 0 Å². The summed E-state index contributed by atoms with van der Waals surface area (Å²) in [6, 6.07) is 5.48. The number of carbonyl (C=O) groups is 2. The van der Waals surface area contributed by atoms with Crippen LogP contribution in [0.15, 0.2) is 24.3 Å². The molecule has 0 atom stereocenters. The molecule has 0 aliphatic heterocycles. The lowest BCUT2D eigenvalue weighted by Crippen LogP contribution is -2.21. The molecule has 0 aliphatic carbocycles. The number of rotatable bonds is 6. The van der Waals surface area contributed by atoms with Crippen LogP contribution < -0.4 is 5.32 Å². The fourth-order valence-corrected chi connectivity index (χ4v) is 1.14. The summed E-state index contributed by atoms with van der Waals surface area (Å²) in [6.45, 7) is 1.42. The lowest BCUT2D eigenvalue weighted by atomic mass is 10.1. The summed E-state index contributed by atoms with van der Waals surface area (Å²) in [5, 5.41) is 36.2. The Morgan fingerprint density at radius 1 is 0.895 bits per heavy atom. The van der Waals surface area contributed by atoms with Crippen LogP contribution in [-0.2, 0) is 0 Å². The Morgan fingerprint density at radius 2 is 1.26 bits per heavy atom. The van der Waals surface area contributed by atoms with Crippen molar-refractivity contribution in [3.8, 4) is 0 Å². The van der Waals surface area contributed by atoms with Gasteiger partial charge in [0.1, 0.15) is 0 Å². The zero-order valence-electron chi connectivity index (χ0n) is 10.2. The van der Waals surface area contributed by atoms with E-state index >= 15 is 0 Å². The molecular weight excluding hydrogens is 254 g/mol. The van der Waals surface area contributed by atoms with Gasteiger partial charge in [0.2, 0.25) is 0 Å². The first-order valence-electron chi connectivity index (χ1n) is 5.52. The average molecular weight is 271 g/mol. The summed E-state index contributed by atoms with van der Waals surface area (Å²) < 4.78 is 0. The second-order valence-electron chi connectivity index (χ2n) is 3.35. The molecule has 0 spiro atoms. The van der Waals surface area contributed by atoms with Gasteiger partial charge >= 0.3 is 11.9 Å². The van der Waals surface area contributed by atoms with Crippen LogP contribution in [-0.4, -0.2) is 58.7 Å². The molecule has 106 valence electrons. The molecule has 5 N–H and O–H groups in total. The molecule has 7 nitrogen and oxygen atoms in total. The number of nitrogens with one attached hydrogen (secondary N) is 1. The molecule has 0 amide bonds. The van der Waals surface area contributed by atoms with Gasteiger partial charge in [0.25, 0.3) is 0 Å². The zero-order valence-corrected chi connectivity index (χ0v) is 10.2. The van der Waals surface area contributed by atoms with Crippen LogP contribution in [0.1, 0.15) is 20.7 Å². The third-order valence-electron chi connectivity index (χ3n) is 1.97. The van der Waals surface area contributed by atoms with E-state index in [0.29, 0.717) is 13.1 Å². The summed E-state index contributed by atoms with van der Waals surface area (Å²) >= 11 is 0. The molecule has 1 aromatic carbocycles. The highest BCUT2D eigenvalue weighted by molar-refractivity contribution is 6.01. The molecule has 0 saturated heterocycles. The second-order valence-corrected chi connectivity index (χ2v) is 3.35. The van der Waals surface area contributed by atoms with Crippen LogP contribution in [0.3, 0.4) is 0 Å². The van der Waals surface area contributed by atoms with E-state index in [1.165, 1.54) is 24.3 Å². The number of hydrogen-bond donors (Lipinski definition) is 5. The topological polar surface area (TPSA) is 127 Å². The molecule has 0 bridgehead atoms. The molecule has 0 radical (unpaired) electrons. The molecule has 0 aliphatic rings. The molecule has 0 aromatic heterocycles. The Balaban J connectivity index is 0.000000399. The predicted molar refractivity (Wildman–Crippen MR) is 67.4 cm³/mol. The van der Waals surface area contributed by atoms with E-state index in [1.54, 1.807) is 0 Å². The fraction of sp³-hybridized carbons (Fsp3) is 0.333. The Kier molecular flexibility index (Phi) is 8.98. The first-order valence-corrected chi connectivity index (χ1v) is 5.52. The standard InChI is InChI=1S/C8H6O4.C4H11NO2/c9-7(10)5-3-1-2-4-6(5)8(11)12;6-3-1-5-2-4-7/h1-4H,(H,9,10)(H,11,12);5-7H,1-4H2. The number of aliphatic hydroxyl groups is 2. The first-order chi connectivity index (χ1) is 9.04. The highest BCUT2D eigenvalue weighted by atomic mass is 16.4. The molecule has 0 saturated carbocycles. The van der Waals surface area contributed by atoms with Gasteiger partial charge < -0.3 is 25.7 Å². The lowest BCUT2D eigenvalue weighted by molar-refractivity contribution is 0.0651. The maximum absolute atomic E-state index is 10.5. The van der Waals surface area contributed by atoms with Crippen molar-refractivity contribution < 1.29 is 30.0 Å². The number of benzene rings is 1. The number of aliphatic hydroxyl groups excluding tert-OH is 2. The minimum absolute atomic E-state index is 0.139. The minimum Gasteiger partial charge on any atom is -0.478 e. The van der Waals surface area contributed by atoms with Gasteiger partial charge in [-0.25, -0.2) is 9.59 Å².